The van der Waals surface area contributed by atoms with Crippen molar-refractivity contribution >= 4 is 22.6 Å². The highest BCUT2D eigenvalue weighted by Gasteiger charge is 2.20. The standard InChI is InChI=1S/C6H11IO3/c1-2-4(8)6(10)5(9)3-7/h2,4-6,8-10H,1,3H2/t4-,5+,6+/m1/s1. The molecular formula is C6H11IO3. The first-order valence-corrected chi connectivity index (χ1v) is 4.38. The average Bonchev–Trinajstić information content (AvgIpc) is 2.00. The number of alkyl halides is 1. The van der Waals surface area contributed by atoms with E-state index in [4.69, 9.17) is 15.3 Å². The Morgan fingerprint density at radius 1 is 1.40 bits per heavy atom. The molecule has 0 spiro atoms. The molecule has 0 aliphatic rings. The highest BCUT2D eigenvalue weighted by molar-refractivity contribution is 14.1. The molecule has 0 aromatic rings. The highest BCUT2D eigenvalue weighted by atomic mass is 127. The summed E-state index contributed by atoms with van der Waals surface area (Å²) in [5.41, 5.74) is 0. The van der Waals surface area contributed by atoms with Crippen LogP contribution in [0.4, 0.5) is 0 Å². The smallest absolute Gasteiger partial charge is 0.110 e. The normalized spacial score (nSPS) is 19.6. The Hall–Kier alpha value is 0.350. The molecule has 0 aliphatic heterocycles. The maximum absolute atomic E-state index is 9.01. The predicted octanol–water partition coefficient (Wildman–Crippen LogP) is -0.310. The summed E-state index contributed by atoms with van der Waals surface area (Å²) < 4.78 is 0.393. The Kier molecular flexibility index (Phi) is 5.24. The van der Waals surface area contributed by atoms with Crippen molar-refractivity contribution in [3.8, 4) is 0 Å². The monoisotopic (exact) mass is 258 g/mol. The zero-order chi connectivity index (χ0) is 8.15. The summed E-state index contributed by atoms with van der Waals surface area (Å²) in [4.78, 5) is 0. The molecule has 0 fully saturated rings. The van der Waals surface area contributed by atoms with Gasteiger partial charge in [0, 0.05) is 4.43 Å². The van der Waals surface area contributed by atoms with E-state index in [2.05, 4.69) is 6.58 Å². The zero-order valence-corrected chi connectivity index (χ0v) is 7.60. The van der Waals surface area contributed by atoms with E-state index < -0.39 is 18.3 Å². The molecule has 0 heterocycles. The van der Waals surface area contributed by atoms with E-state index in [9.17, 15) is 0 Å². The summed E-state index contributed by atoms with van der Waals surface area (Å²) in [5, 5.41) is 26.9. The lowest BCUT2D eigenvalue weighted by Crippen LogP contribution is -2.36. The fourth-order valence-corrected chi connectivity index (χ4v) is 0.979. The van der Waals surface area contributed by atoms with E-state index in [0.29, 0.717) is 4.43 Å². The van der Waals surface area contributed by atoms with Crippen molar-refractivity contribution in [2.45, 2.75) is 18.3 Å². The third-order valence-corrected chi connectivity index (χ3v) is 2.05. The van der Waals surface area contributed by atoms with Crippen LogP contribution < -0.4 is 0 Å². The molecule has 0 saturated heterocycles. The Labute approximate surface area is 73.5 Å². The molecule has 3 atom stereocenters. The summed E-state index contributed by atoms with van der Waals surface area (Å²) in [5.74, 6) is 0. The van der Waals surface area contributed by atoms with Crippen LogP contribution in [-0.4, -0.2) is 38.1 Å². The van der Waals surface area contributed by atoms with Crippen molar-refractivity contribution in [3.63, 3.8) is 0 Å². The van der Waals surface area contributed by atoms with Crippen molar-refractivity contribution in [2.24, 2.45) is 0 Å². The number of halogens is 1. The second-order valence-electron chi connectivity index (χ2n) is 1.94. The third-order valence-electron chi connectivity index (χ3n) is 1.14. The molecule has 3 N–H and O–H groups in total. The molecule has 0 aromatic carbocycles. The SMILES string of the molecule is C=C[C@@H](O)[C@H](O)[C@@H](O)CI. The van der Waals surface area contributed by atoms with Crippen LogP contribution >= 0.6 is 22.6 Å². The van der Waals surface area contributed by atoms with Gasteiger partial charge in [0.15, 0.2) is 0 Å². The van der Waals surface area contributed by atoms with Crippen molar-refractivity contribution in [1.29, 1.82) is 0 Å². The summed E-state index contributed by atoms with van der Waals surface area (Å²) in [6, 6.07) is 0. The molecule has 0 unspecified atom stereocenters. The first kappa shape index (κ1) is 10.3. The molecule has 0 aliphatic carbocycles. The maximum Gasteiger partial charge on any atom is 0.110 e. The van der Waals surface area contributed by atoms with Gasteiger partial charge in [-0.3, -0.25) is 0 Å². The number of rotatable bonds is 4. The Balaban J connectivity index is 3.80. The molecule has 60 valence electrons. The number of hydrogen-bond acceptors (Lipinski definition) is 3. The Morgan fingerprint density at radius 2 is 1.90 bits per heavy atom. The number of hydrogen-bond donors (Lipinski definition) is 3. The molecule has 0 aromatic heterocycles. The van der Waals surface area contributed by atoms with E-state index >= 15 is 0 Å². The van der Waals surface area contributed by atoms with E-state index in [-0.39, 0.29) is 0 Å². The molecule has 0 radical (unpaired) electrons. The minimum absolute atomic E-state index is 0.393. The molecule has 0 amide bonds. The molecule has 4 heteroatoms. The van der Waals surface area contributed by atoms with Crippen molar-refractivity contribution in [1.82, 2.24) is 0 Å². The summed E-state index contributed by atoms with van der Waals surface area (Å²) in [7, 11) is 0. The summed E-state index contributed by atoms with van der Waals surface area (Å²) in [6.45, 7) is 3.27. The van der Waals surface area contributed by atoms with Crippen LogP contribution in [0.2, 0.25) is 0 Å². The number of aliphatic hydroxyl groups is 3. The van der Waals surface area contributed by atoms with E-state index in [0.717, 1.165) is 0 Å². The number of aliphatic hydroxyl groups excluding tert-OH is 3. The van der Waals surface area contributed by atoms with Crippen molar-refractivity contribution < 1.29 is 15.3 Å². The lowest BCUT2D eigenvalue weighted by Gasteiger charge is -2.18. The fourth-order valence-electron chi connectivity index (χ4n) is 0.458. The Bertz CT molecular complexity index is 107. The summed E-state index contributed by atoms with van der Waals surface area (Å²) in [6.07, 6.45) is -1.84. The first-order chi connectivity index (χ1) is 4.63. The van der Waals surface area contributed by atoms with Gasteiger partial charge in [-0.25, -0.2) is 0 Å². The quantitative estimate of drug-likeness (QED) is 0.368. The van der Waals surface area contributed by atoms with E-state index in [1.807, 2.05) is 22.6 Å². The van der Waals surface area contributed by atoms with Crippen LogP contribution in [0.5, 0.6) is 0 Å². The molecule has 0 saturated carbocycles. The van der Waals surface area contributed by atoms with Gasteiger partial charge in [-0.05, 0) is 0 Å². The third kappa shape index (κ3) is 2.96. The first-order valence-electron chi connectivity index (χ1n) is 2.86. The van der Waals surface area contributed by atoms with Crippen LogP contribution in [-0.2, 0) is 0 Å². The van der Waals surface area contributed by atoms with Gasteiger partial charge >= 0.3 is 0 Å². The predicted molar refractivity (Wildman–Crippen MR) is 47.1 cm³/mol. The van der Waals surface area contributed by atoms with Crippen LogP contribution in [0.1, 0.15) is 0 Å². The van der Waals surface area contributed by atoms with Gasteiger partial charge in [0.05, 0.1) is 6.10 Å². The van der Waals surface area contributed by atoms with Gasteiger partial charge < -0.3 is 15.3 Å². The molecule has 0 rings (SSSR count). The lowest BCUT2D eigenvalue weighted by molar-refractivity contribution is -0.0294. The van der Waals surface area contributed by atoms with Crippen LogP contribution in [0.3, 0.4) is 0 Å². The fraction of sp³-hybridized carbons (Fsp3) is 0.667. The van der Waals surface area contributed by atoms with Gasteiger partial charge in [0.1, 0.15) is 12.2 Å². The summed E-state index contributed by atoms with van der Waals surface area (Å²) >= 11 is 1.92. The second-order valence-corrected chi connectivity index (χ2v) is 2.82. The average molecular weight is 258 g/mol. The molecule has 10 heavy (non-hydrogen) atoms. The highest BCUT2D eigenvalue weighted by Crippen LogP contribution is 2.03. The van der Waals surface area contributed by atoms with Crippen LogP contribution in [0, 0.1) is 0 Å². The minimum Gasteiger partial charge on any atom is -0.390 e. The zero-order valence-electron chi connectivity index (χ0n) is 5.44. The van der Waals surface area contributed by atoms with Gasteiger partial charge in [0.25, 0.3) is 0 Å². The topological polar surface area (TPSA) is 60.7 Å². The minimum atomic E-state index is -1.12. The van der Waals surface area contributed by atoms with Crippen molar-refractivity contribution in [3.05, 3.63) is 12.7 Å². The Morgan fingerprint density at radius 3 is 2.20 bits per heavy atom. The lowest BCUT2D eigenvalue weighted by atomic mass is 10.1. The van der Waals surface area contributed by atoms with Gasteiger partial charge in [-0.15, -0.1) is 6.58 Å². The molecule has 3 nitrogen and oxygen atoms in total. The maximum atomic E-state index is 9.01. The van der Waals surface area contributed by atoms with Gasteiger partial charge in [-0.2, -0.15) is 0 Å². The van der Waals surface area contributed by atoms with Crippen LogP contribution in [0.25, 0.3) is 0 Å². The van der Waals surface area contributed by atoms with E-state index in [1.165, 1.54) is 6.08 Å². The van der Waals surface area contributed by atoms with Gasteiger partial charge in [-0.1, -0.05) is 28.7 Å². The van der Waals surface area contributed by atoms with Gasteiger partial charge in [0.2, 0.25) is 0 Å². The van der Waals surface area contributed by atoms with Crippen molar-refractivity contribution in [2.75, 3.05) is 4.43 Å². The largest absolute Gasteiger partial charge is 0.390 e. The second kappa shape index (κ2) is 5.06. The molecular weight excluding hydrogens is 247 g/mol. The van der Waals surface area contributed by atoms with E-state index in [1.54, 1.807) is 0 Å². The van der Waals surface area contributed by atoms with Crippen LogP contribution in [0.15, 0.2) is 12.7 Å². The molecule has 0 bridgehead atoms.